The summed E-state index contributed by atoms with van der Waals surface area (Å²) in [6, 6.07) is 6.48. The number of hydrogen-bond acceptors (Lipinski definition) is 3. The Morgan fingerprint density at radius 2 is 1.88 bits per heavy atom. The largest absolute Gasteiger partial charge is 0.386 e. The van der Waals surface area contributed by atoms with Crippen LogP contribution in [0.3, 0.4) is 0 Å². The standard InChI is InChI=1S/C18H24ClN3O2/c1-11(15(23)12-6-8-13(19)9-7-12)20-17(24)14-10-22(5)21-16(14)18(2,3)4/h6-11,15,23H,1-5H3,(H,20,24). The molecule has 5 nitrogen and oxygen atoms in total. The van der Waals surface area contributed by atoms with Crippen molar-refractivity contribution in [2.45, 2.75) is 45.3 Å². The Kier molecular flexibility index (Phi) is 5.35. The zero-order chi connectivity index (χ0) is 18.1. The first-order chi connectivity index (χ1) is 11.1. The number of amides is 1. The van der Waals surface area contributed by atoms with Gasteiger partial charge in [-0.15, -0.1) is 0 Å². The maximum absolute atomic E-state index is 12.6. The maximum Gasteiger partial charge on any atom is 0.255 e. The van der Waals surface area contributed by atoms with Crippen LogP contribution in [0.15, 0.2) is 30.5 Å². The lowest BCUT2D eigenvalue weighted by atomic mass is 9.89. The lowest BCUT2D eigenvalue weighted by Crippen LogP contribution is -2.37. The highest BCUT2D eigenvalue weighted by atomic mass is 35.5. The summed E-state index contributed by atoms with van der Waals surface area (Å²) in [5.41, 5.74) is 1.72. The van der Waals surface area contributed by atoms with E-state index in [1.165, 1.54) is 0 Å². The van der Waals surface area contributed by atoms with Gasteiger partial charge in [-0.3, -0.25) is 9.48 Å². The summed E-state index contributed by atoms with van der Waals surface area (Å²) in [4.78, 5) is 12.6. The Hall–Kier alpha value is -1.85. The number of aliphatic hydroxyl groups excluding tert-OH is 1. The van der Waals surface area contributed by atoms with E-state index < -0.39 is 12.1 Å². The average molecular weight is 350 g/mol. The smallest absolute Gasteiger partial charge is 0.255 e. The second-order valence-corrected chi connectivity index (χ2v) is 7.51. The van der Waals surface area contributed by atoms with E-state index in [1.807, 2.05) is 20.8 Å². The number of benzene rings is 1. The number of nitrogens with one attached hydrogen (secondary N) is 1. The first-order valence-electron chi connectivity index (χ1n) is 7.88. The van der Waals surface area contributed by atoms with Crippen molar-refractivity contribution in [3.8, 4) is 0 Å². The molecule has 0 saturated carbocycles. The Morgan fingerprint density at radius 3 is 2.42 bits per heavy atom. The van der Waals surface area contributed by atoms with Gasteiger partial charge in [0.05, 0.1) is 23.4 Å². The molecule has 0 radical (unpaired) electrons. The van der Waals surface area contributed by atoms with E-state index in [0.717, 1.165) is 5.69 Å². The van der Waals surface area contributed by atoms with E-state index in [2.05, 4.69) is 10.4 Å². The zero-order valence-electron chi connectivity index (χ0n) is 14.7. The molecule has 2 rings (SSSR count). The van der Waals surface area contributed by atoms with Crippen molar-refractivity contribution in [2.75, 3.05) is 0 Å². The van der Waals surface area contributed by atoms with Crippen LogP contribution in [0.2, 0.25) is 5.02 Å². The van der Waals surface area contributed by atoms with Gasteiger partial charge in [0.2, 0.25) is 0 Å². The molecule has 1 heterocycles. The molecule has 1 amide bonds. The Morgan fingerprint density at radius 1 is 1.29 bits per heavy atom. The summed E-state index contributed by atoms with van der Waals surface area (Å²) in [5, 5.41) is 18.3. The highest BCUT2D eigenvalue weighted by molar-refractivity contribution is 6.30. The Bertz CT molecular complexity index is 717. The number of aromatic nitrogens is 2. The quantitative estimate of drug-likeness (QED) is 0.890. The van der Waals surface area contributed by atoms with Crippen LogP contribution < -0.4 is 5.32 Å². The monoisotopic (exact) mass is 349 g/mol. The number of rotatable bonds is 4. The van der Waals surface area contributed by atoms with Crippen LogP contribution in [0.25, 0.3) is 0 Å². The molecule has 130 valence electrons. The van der Waals surface area contributed by atoms with Crippen LogP contribution in [-0.4, -0.2) is 26.8 Å². The summed E-state index contributed by atoms with van der Waals surface area (Å²) >= 11 is 5.86. The number of carbonyl (C=O) groups excluding carboxylic acids is 1. The number of carbonyl (C=O) groups is 1. The van der Waals surface area contributed by atoms with Gasteiger partial charge in [-0.05, 0) is 24.6 Å². The number of nitrogens with zero attached hydrogens (tertiary/aromatic N) is 2. The lowest BCUT2D eigenvalue weighted by Gasteiger charge is -2.22. The molecule has 24 heavy (non-hydrogen) atoms. The molecule has 2 aromatic rings. The molecule has 2 unspecified atom stereocenters. The van der Waals surface area contributed by atoms with E-state index in [0.29, 0.717) is 16.1 Å². The number of halogens is 1. The molecule has 0 aliphatic heterocycles. The van der Waals surface area contributed by atoms with Crippen molar-refractivity contribution < 1.29 is 9.90 Å². The van der Waals surface area contributed by atoms with Crippen LogP contribution in [0.4, 0.5) is 0 Å². The topological polar surface area (TPSA) is 67.2 Å². The van der Waals surface area contributed by atoms with Gasteiger partial charge in [-0.2, -0.15) is 5.10 Å². The van der Waals surface area contributed by atoms with Gasteiger partial charge in [-0.1, -0.05) is 44.5 Å². The third kappa shape index (κ3) is 4.16. The fourth-order valence-corrected chi connectivity index (χ4v) is 2.65. The summed E-state index contributed by atoms with van der Waals surface area (Å²) in [7, 11) is 1.79. The summed E-state index contributed by atoms with van der Waals surface area (Å²) in [6.45, 7) is 7.80. The average Bonchev–Trinajstić information content (AvgIpc) is 2.89. The van der Waals surface area contributed by atoms with Gasteiger partial charge in [0.15, 0.2) is 0 Å². The Labute approximate surface area is 147 Å². The summed E-state index contributed by atoms with van der Waals surface area (Å²) in [5.74, 6) is -0.242. The molecule has 2 atom stereocenters. The predicted molar refractivity (Wildman–Crippen MR) is 95.2 cm³/mol. The second kappa shape index (κ2) is 6.95. The third-order valence-corrected chi connectivity index (χ3v) is 4.08. The van der Waals surface area contributed by atoms with Crippen LogP contribution >= 0.6 is 11.6 Å². The van der Waals surface area contributed by atoms with Gasteiger partial charge >= 0.3 is 0 Å². The van der Waals surface area contributed by atoms with Crippen LogP contribution in [0.1, 0.15) is 55.4 Å². The molecule has 0 saturated heterocycles. The van der Waals surface area contributed by atoms with Crippen LogP contribution in [0.5, 0.6) is 0 Å². The van der Waals surface area contributed by atoms with Gasteiger partial charge in [0.1, 0.15) is 0 Å². The van der Waals surface area contributed by atoms with Crippen LogP contribution in [0, 0.1) is 0 Å². The molecule has 1 aromatic heterocycles. The first kappa shape index (κ1) is 18.5. The van der Waals surface area contributed by atoms with Gasteiger partial charge in [0.25, 0.3) is 5.91 Å². The fourth-order valence-electron chi connectivity index (χ4n) is 2.52. The minimum absolute atomic E-state index is 0.242. The highest BCUT2D eigenvalue weighted by Gasteiger charge is 2.27. The van der Waals surface area contributed by atoms with Crippen LogP contribution in [-0.2, 0) is 12.5 Å². The second-order valence-electron chi connectivity index (χ2n) is 7.07. The van der Waals surface area contributed by atoms with Gasteiger partial charge in [0, 0.05) is 23.7 Å². The third-order valence-electron chi connectivity index (χ3n) is 3.83. The molecule has 0 fully saturated rings. The predicted octanol–water partition coefficient (Wildman–Crippen LogP) is 3.22. The number of hydrogen-bond donors (Lipinski definition) is 2. The molecule has 0 bridgehead atoms. The molecular formula is C18H24ClN3O2. The van der Waals surface area contributed by atoms with Crippen molar-refractivity contribution in [3.05, 3.63) is 52.3 Å². The zero-order valence-corrected chi connectivity index (χ0v) is 15.4. The Balaban J connectivity index is 2.16. The minimum atomic E-state index is -0.819. The van der Waals surface area contributed by atoms with E-state index in [1.54, 1.807) is 49.1 Å². The van der Waals surface area contributed by atoms with E-state index >= 15 is 0 Å². The summed E-state index contributed by atoms with van der Waals surface area (Å²) < 4.78 is 1.63. The van der Waals surface area contributed by atoms with E-state index in [-0.39, 0.29) is 11.3 Å². The first-order valence-corrected chi connectivity index (χ1v) is 8.26. The van der Waals surface area contributed by atoms with Crippen molar-refractivity contribution >= 4 is 17.5 Å². The van der Waals surface area contributed by atoms with Crippen molar-refractivity contribution in [3.63, 3.8) is 0 Å². The minimum Gasteiger partial charge on any atom is -0.386 e. The SMILES string of the molecule is CC(NC(=O)c1cn(C)nc1C(C)(C)C)C(O)c1ccc(Cl)cc1. The number of aliphatic hydroxyl groups is 1. The van der Waals surface area contributed by atoms with Crippen molar-refractivity contribution in [2.24, 2.45) is 7.05 Å². The van der Waals surface area contributed by atoms with Gasteiger partial charge < -0.3 is 10.4 Å². The molecule has 6 heteroatoms. The highest BCUT2D eigenvalue weighted by Crippen LogP contribution is 2.25. The maximum atomic E-state index is 12.6. The molecule has 0 aliphatic carbocycles. The molecule has 0 aliphatic rings. The van der Waals surface area contributed by atoms with E-state index in [9.17, 15) is 9.90 Å². The molecule has 2 N–H and O–H groups in total. The lowest BCUT2D eigenvalue weighted by molar-refractivity contribution is 0.0850. The van der Waals surface area contributed by atoms with Gasteiger partial charge in [-0.25, -0.2) is 0 Å². The summed E-state index contributed by atoms with van der Waals surface area (Å²) in [6.07, 6.45) is 0.887. The number of aryl methyl sites for hydroxylation is 1. The normalized spacial score (nSPS) is 14.3. The fraction of sp³-hybridized carbons (Fsp3) is 0.444. The molecule has 1 aromatic carbocycles. The van der Waals surface area contributed by atoms with Crippen molar-refractivity contribution in [1.82, 2.24) is 15.1 Å². The van der Waals surface area contributed by atoms with Crippen molar-refractivity contribution in [1.29, 1.82) is 0 Å². The molecule has 0 spiro atoms. The van der Waals surface area contributed by atoms with E-state index in [4.69, 9.17) is 11.6 Å². The molecular weight excluding hydrogens is 326 g/mol.